The zero-order valence-corrected chi connectivity index (χ0v) is 14.1. The molecule has 2 aromatic carbocycles. The van der Waals surface area contributed by atoms with Crippen molar-refractivity contribution in [3.8, 4) is 5.75 Å². The van der Waals surface area contributed by atoms with Gasteiger partial charge in [0.25, 0.3) is 0 Å². The molecule has 0 spiro atoms. The van der Waals surface area contributed by atoms with Crippen LogP contribution in [0.1, 0.15) is 30.9 Å². The first kappa shape index (κ1) is 16.9. The highest BCUT2D eigenvalue weighted by atomic mass is 16.5. The van der Waals surface area contributed by atoms with Crippen LogP contribution >= 0.6 is 0 Å². The number of rotatable bonds is 6. The molecule has 2 aromatic rings. The molecule has 2 rings (SSSR count). The Balaban J connectivity index is 1.94. The van der Waals surface area contributed by atoms with E-state index in [2.05, 4.69) is 24.5 Å². The number of methoxy groups -OCH3 is 1. The maximum absolute atomic E-state index is 12.1. The highest BCUT2D eigenvalue weighted by Gasteiger charge is 2.07. The zero-order chi connectivity index (χ0) is 16.8. The van der Waals surface area contributed by atoms with Crippen LogP contribution in [0.5, 0.6) is 5.75 Å². The molecule has 0 saturated carbocycles. The lowest BCUT2D eigenvalue weighted by Gasteiger charge is -2.12. The minimum absolute atomic E-state index is 0.0918. The summed E-state index contributed by atoms with van der Waals surface area (Å²) in [7, 11) is 1.62. The normalized spacial score (nSPS) is 10.5. The van der Waals surface area contributed by atoms with E-state index in [-0.39, 0.29) is 12.5 Å². The Morgan fingerprint density at radius 3 is 2.43 bits per heavy atom. The highest BCUT2D eigenvalue weighted by Crippen LogP contribution is 2.25. The molecule has 0 radical (unpaired) electrons. The van der Waals surface area contributed by atoms with Gasteiger partial charge < -0.3 is 15.4 Å². The Morgan fingerprint density at radius 2 is 1.83 bits per heavy atom. The van der Waals surface area contributed by atoms with Gasteiger partial charge in [0.2, 0.25) is 5.91 Å². The summed E-state index contributed by atoms with van der Waals surface area (Å²) in [6.45, 7) is 6.48. The topological polar surface area (TPSA) is 50.4 Å². The van der Waals surface area contributed by atoms with Gasteiger partial charge >= 0.3 is 0 Å². The average Bonchev–Trinajstić information content (AvgIpc) is 2.53. The summed E-state index contributed by atoms with van der Waals surface area (Å²) in [6, 6.07) is 13.8. The molecule has 122 valence electrons. The lowest BCUT2D eigenvalue weighted by molar-refractivity contribution is -0.114. The van der Waals surface area contributed by atoms with Crippen LogP contribution in [-0.2, 0) is 4.79 Å². The SMILES string of the molecule is COc1ccc(C)cc1NCC(=O)Nc1ccc(C(C)C)cc1. The molecule has 0 aliphatic rings. The van der Waals surface area contributed by atoms with E-state index < -0.39 is 0 Å². The fourth-order valence-electron chi connectivity index (χ4n) is 2.29. The van der Waals surface area contributed by atoms with Crippen LogP contribution in [0.4, 0.5) is 11.4 Å². The van der Waals surface area contributed by atoms with E-state index in [0.717, 1.165) is 22.7 Å². The number of hydrogen-bond acceptors (Lipinski definition) is 3. The molecule has 4 nitrogen and oxygen atoms in total. The Hall–Kier alpha value is -2.49. The third-order valence-corrected chi connectivity index (χ3v) is 3.66. The monoisotopic (exact) mass is 312 g/mol. The summed E-state index contributed by atoms with van der Waals surface area (Å²) in [5.74, 6) is 1.12. The molecule has 0 fully saturated rings. The largest absolute Gasteiger partial charge is 0.495 e. The number of carbonyl (C=O) groups excluding carboxylic acids is 1. The molecule has 0 atom stereocenters. The molecular formula is C19H24N2O2. The van der Waals surface area contributed by atoms with E-state index in [1.807, 2.05) is 49.4 Å². The second kappa shape index (κ2) is 7.68. The molecule has 0 bridgehead atoms. The summed E-state index contributed by atoms with van der Waals surface area (Å²) in [4.78, 5) is 12.1. The standard InChI is InChI=1S/C19H24N2O2/c1-13(2)15-6-8-16(9-7-15)21-19(22)12-20-17-11-14(3)5-10-18(17)23-4/h5-11,13,20H,12H2,1-4H3,(H,21,22). The lowest BCUT2D eigenvalue weighted by Crippen LogP contribution is -2.22. The van der Waals surface area contributed by atoms with Crippen LogP contribution in [-0.4, -0.2) is 19.6 Å². The molecule has 1 amide bonds. The molecule has 0 aromatic heterocycles. The molecule has 0 heterocycles. The van der Waals surface area contributed by atoms with Crippen molar-refractivity contribution in [3.05, 3.63) is 53.6 Å². The van der Waals surface area contributed by atoms with Crippen LogP contribution in [0.15, 0.2) is 42.5 Å². The molecule has 23 heavy (non-hydrogen) atoms. The Labute approximate surface area is 137 Å². The summed E-state index contributed by atoms with van der Waals surface area (Å²) in [5, 5.41) is 6.01. The number of benzene rings is 2. The smallest absolute Gasteiger partial charge is 0.243 e. The summed E-state index contributed by atoms with van der Waals surface area (Å²) < 4.78 is 5.29. The first-order chi connectivity index (χ1) is 11.0. The first-order valence-corrected chi connectivity index (χ1v) is 7.78. The lowest BCUT2D eigenvalue weighted by atomic mass is 10.0. The second-order valence-corrected chi connectivity index (χ2v) is 5.88. The molecular weight excluding hydrogens is 288 g/mol. The summed E-state index contributed by atoms with van der Waals surface area (Å²) >= 11 is 0. The van der Waals surface area contributed by atoms with E-state index in [1.165, 1.54) is 5.56 Å². The van der Waals surface area contributed by atoms with E-state index in [4.69, 9.17) is 4.74 Å². The van der Waals surface area contributed by atoms with Crippen molar-refractivity contribution in [1.29, 1.82) is 0 Å². The van der Waals surface area contributed by atoms with Crippen molar-refractivity contribution in [1.82, 2.24) is 0 Å². The molecule has 0 unspecified atom stereocenters. The minimum atomic E-state index is -0.0918. The summed E-state index contributed by atoms with van der Waals surface area (Å²) in [6.07, 6.45) is 0. The van der Waals surface area contributed by atoms with Crippen LogP contribution in [0, 0.1) is 6.92 Å². The first-order valence-electron chi connectivity index (χ1n) is 7.78. The van der Waals surface area contributed by atoms with Crippen LogP contribution in [0.25, 0.3) is 0 Å². The van der Waals surface area contributed by atoms with Gasteiger partial charge in [0.15, 0.2) is 0 Å². The van der Waals surface area contributed by atoms with Gasteiger partial charge in [-0.3, -0.25) is 4.79 Å². The van der Waals surface area contributed by atoms with Gasteiger partial charge in [-0.15, -0.1) is 0 Å². The predicted octanol–water partition coefficient (Wildman–Crippen LogP) is 4.18. The van der Waals surface area contributed by atoms with Gasteiger partial charge in [-0.05, 0) is 48.2 Å². The van der Waals surface area contributed by atoms with Crippen molar-refractivity contribution in [3.63, 3.8) is 0 Å². The third-order valence-electron chi connectivity index (χ3n) is 3.66. The Bertz CT molecular complexity index is 664. The zero-order valence-electron chi connectivity index (χ0n) is 14.1. The van der Waals surface area contributed by atoms with Crippen molar-refractivity contribution in [2.45, 2.75) is 26.7 Å². The van der Waals surface area contributed by atoms with Gasteiger partial charge in [-0.1, -0.05) is 32.0 Å². The van der Waals surface area contributed by atoms with Gasteiger partial charge in [0.05, 0.1) is 19.3 Å². The van der Waals surface area contributed by atoms with Gasteiger partial charge in [-0.25, -0.2) is 0 Å². The molecule has 0 saturated heterocycles. The quantitative estimate of drug-likeness (QED) is 0.841. The molecule has 2 N–H and O–H groups in total. The minimum Gasteiger partial charge on any atom is -0.495 e. The maximum atomic E-state index is 12.1. The van der Waals surface area contributed by atoms with Crippen molar-refractivity contribution in [2.24, 2.45) is 0 Å². The summed E-state index contributed by atoms with van der Waals surface area (Å²) in [5.41, 5.74) is 3.99. The van der Waals surface area contributed by atoms with Crippen LogP contribution in [0.2, 0.25) is 0 Å². The maximum Gasteiger partial charge on any atom is 0.243 e. The van der Waals surface area contributed by atoms with Gasteiger partial charge in [-0.2, -0.15) is 0 Å². The molecule has 4 heteroatoms. The second-order valence-electron chi connectivity index (χ2n) is 5.88. The number of nitrogens with one attached hydrogen (secondary N) is 2. The van der Waals surface area contributed by atoms with Crippen molar-refractivity contribution >= 4 is 17.3 Å². The predicted molar refractivity (Wildman–Crippen MR) is 95.4 cm³/mol. The van der Waals surface area contributed by atoms with Gasteiger partial charge in [0, 0.05) is 5.69 Å². The highest BCUT2D eigenvalue weighted by molar-refractivity contribution is 5.94. The van der Waals surface area contributed by atoms with Gasteiger partial charge in [0.1, 0.15) is 5.75 Å². The van der Waals surface area contributed by atoms with Crippen molar-refractivity contribution in [2.75, 3.05) is 24.3 Å². The van der Waals surface area contributed by atoms with E-state index in [9.17, 15) is 4.79 Å². The van der Waals surface area contributed by atoms with Crippen LogP contribution < -0.4 is 15.4 Å². The number of hydrogen-bond donors (Lipinski definition) is 2. The fourth-order valence-corrected chi connectivity index (χ4v) is 2.29. The van der Waals surface area contributed by atoms with Crippen LogP contribution in [0.3, 0.4) is 0 Å². The molecule has 0 aliphatic heterocycles. The Kier molecular flexibility index (Phi) is 5.63. The van der Waals surface area contributed by atoms with E-state index >= 15 is 0 Å². The number of amides is 1. The number of anilines is 2. The fraction of sp³-hybridized carbons (Fsp3) is 0.316. The van der Waals surface area contributed by atoms with E-state index in [0.29, 0.717) is 5.92 Å². The number of carbonyl (C=O) groups is 1. The number of aryl methyl sites for hydroxylation is 1. The van der Waals surface area contributed by atoms with Crippen molar-refractivity contribution < 1.29 is 9.53 Å². The average molecular weight is 312 g/mol. The Morgan fingerprint density at radius 1 is 1.13 bits per heavy atom. The molecule has 0 aliphatic carbocycles. The van der Waals surface area contributed by atoms with E-state index in [1.54, 1.807) is 7.11 Å². The third kappa shape index (κ3) is 4.74. The number of ether oxygens (including phenoxy) is 1.